The Morgan fingerprint density at radius 1 is 1.05 bits per heavy atom. The Morgan fingerprint density at radius 2 is 1.65 bits per heavy atom. The second kappa shape index (κ2) is 6.73. The molecule has 2 rings (SSSR count). The Bertz CT molecular complexity index is 417. The van der Waals surface area contributed by atoms with Crippen molar-refractivity contribution >= 4 is 0 Å². The number of rotatable bonds is 4. The van der Waals surface area contributed by atoms with E-state index in [1.54, 1.807) is 0 Å². The molecule has 2 nitrogen and oxygen atoms in total. The van der Waals surface area contributed by atoms with Crippen molar-refractivity contribution in [1.82, 2.24) is 10.2 Å². The van der Waals surface area contributed by atoms with Crippen molar-refractivity contribution < 1.29 is 0 Å². The van der Waals surface area contributed by atoms with E-state index in [1.807, 2.05) is 0 Å². The Hall–Kier alpha value is -0.860. The number of likely N-dealkylation sites (tertiary alicyclic amines) is 1. The molecule has 0 bridgehead atoms. The van der Waals surface area contributed by atoms with Crippen LogP contribution in [0, 0.1) is 6.92 Å². The van der Waals surface area contributed by atoms with Crippen LogP contribution in [-0.2, 0) is 0 Å². The first-order chi connectivity index (χ1) is 9.57. The smallest absolute Gasteiger partial charge is 0.0501 e. The van der Waals surface area contributed by atoms with Crippen LogP contribution in [0.25, 0.3) is 0 Å². The minimum Gasteiger partial charge on any atom is -0.311 e. The van der Waals surface area contributed by atoms with Crippen molar-refractivity contribution in [3.8, 4) is 0 Å². The molecule has 1 aromatic rings. The molecule has 1 atom stereocenters. The van der Waals surface area contributed by atoms with Crippen molar-refractivity contribution in [3.05, 3.63) is 35.4 Å². The molecule has 1 aromatic carbocycles. The summed E-state index contributed by atoms with van der Waals surface area (Å²) in [6.45, 7) is 9.48. The number of benzene rings is 1. The fraction of sp³-hybridized carbons (Fsp3) is 0.667. The second-order valence-corrected chi connectivity index (χ2v) is 6.63. The lowest BCUT2D eigenvalue weighted by molar-refractivity contribution is 0.0862. The third-order valence-corrected chi connectivity index (χ3v) is 4.92. The van der Waals surface area contributed by atoms with Crippen molar-refractivity contribution in [2.45, 2.75) is 58.0 Å². The molecule has 20 heavy (non-hydrogen) atoms. The highest BCUT2D eigenvalue weighted by Gasteiger charge is 2.36. The molecule has 0 spiro atoms. The lowest BCUT2D eigenvalue weighted by atomic mass is 9.84. The zero-order chi connectivity index (χ0) is 14.6. The third-order valence-electron chi connectivity index (χ3n) is 4.92. The van der Waals surface area contributed by atoms with Crippen molar-refractivity contribution in [1.29, 1.82) is 0 Å². The van der Waals surface area contributed by atoms with E-state index in [2.05, 4.69) is 62.3 Å². The highest BCUT2D eigenvalue weighted by Crippen LogP contribution is 2.33. The molecular weight excluding hydrogens is 244 g/mol. The van der Waals surface area contributed by atoms with E-state index < -0.39 is 0 Å². The molecule has 2 heteroatoms. The summed E-state index contributed by atoms with van der Waals surface area (Å²) in [7, 11) is 2.09. The van der Waals surface area contributed by atoms with E-state index >= 15 is 0 Å². The molecule has 1 saturated heterocycles. The van der Waals surface area contributed by atoms with Crippen LogP contribution in [-0.4, -0.2) is 30.6 Å². The molecule has 0 amide bonds. The van der Waals surface area contributed by atoms with Crippen LogP contribution in [0.5, 0.6) is 0 Å². The summed E-state index contributed by atoms with van der Waals surface area (Å²) in [5.41, 5.74) is 2.96. The van der Waals surface area contributed by atoms with E-state index in [-0.39, 0.29) is 5.54 Å². The molecule has 1 aliphatic heterocycles. The summed E-state index contributed by atoms with van der Waals surface area (Å²) in [5, 5.41) is 3.58. The van der Waals surface area contributed by atoms with Gasteiger partial charge in [0.25, 0.3) is 0 Å². The summed E-state index contributed by atoms with van der Waals surface area (Å²) in [4.78, 5) is 2.69. The number of hydrogen-bond acceptors (Lipinski definition) is 2. The maximum Gasteiger partial charge on any atom is 0.0501 e. The van der Waals surface area contributed by atoms with Crippen LogP contribution in [0.1, 0.15) is 56.7 Å². The minimum absolute atomic E-state index is 0.144. The minimum atomic E-state index is 0.144. The number of likely N-dealkylation sites (N-methyl/N-ethyl adjacent to an activating group) is 1. The van der Waals surface area contributed by atoms with Gasteiger partial charge in [-0.1, -0.05) is 37.1 Å². The number of hydrogen-bond donors (Lipinski definition) is 1. The van der Waals surface area contributed by atoms with Crippen LogP contribution in [0.2, 0.25) is 0 Å². The van der Waals surface area contributed by atoms with Crippen LogP contribution >= 0.6 is 0 Å². The van der Waals surface area contributed by atoms with Crippen LogP contribution in [0.4, 0.5) is 0 Å². The average Bonchev–Trinajstić information content (AvgIpc) is 2.71. The van der Waals surface area contributed by atoms with Crippen LogP contribution in [0.3, 0.4) is 0 Å². The van der Waals surface area contributed by atoms with Gasteiger partial charge in [-0.15, -0.1) is 0 Å². The van der Waals surface area contributed by atoms with E-state index in [0.29, 0.717) is 6.04 Å². The van der Waals surface area contributed by atoms with Crippen LogP contribution < -0.4 is 5.32 Å². The molecule has 0 aromatic heterocycles. The molecule has 1 N–H and O–H groups in total. The molecular formula is C18H30N2. The quantitative estimate of drug-likeness (QED) is 0.895. The van der Waals surface area contributed by atoms with Gasteiger partial charge in [0.15, 0.2) is 0 Å². The van der Waals surface area contributed by atoms with Crippen molar-refractivity contribution in [3.63, 3.8) is 0 Å². The maximum absolute atomic E-state index is 3.58. The highest BCUT2D eigenvalue weighted by atomic mass is 15.2. The summed E-state index contributed by atoms with van der Waals surface area (Å²) in [5.74, 6) is 0. The zero-order valence-corrected chi connectivity index (χ0v) is 13.6. The summed E-state index contributed by atoms with van der Waals surface area (Å²) >= 11 is 0. The van der Waals surface area contributed by atoms with Gasteiger partial charge in [0.05, 0.1) is 6.04 Å². The van der Waals surface area contributed by atoms with Gasteiger partial charge in [0, 0.05) is 5.54 Å². The molecule has 1 unspecified atom stereocenters. The van der Waals surface area contributed by atoms with Gasteiger partial charge in [-0.2, -0.15) is 0 Å². The van der Waals surface area contributed by atoms with E-state index in [9.17, 15) is 0 Å². The molecule has 1 aliphatic rings. The molecule has 0 saturated carbocycles. The van der Waals surface area contributed by atoms with Gasteiger partial charge < -0.3 is 5.32 Å². The topological polar surface area (TPSA) is 15.3 Å². The van der Waals surface area contributed by atoms with Gasteiger partial charge in [-0.25, -0.2) is 0 Å². The normalized spacial score (nSPS) is 19.6. The maximum atomic E-state index is 3.58. The number of aryl methyl sites for hydroxylation is 1. The van der Waals surface area contributed by atoms with Gasteiger partial charge in [0.1, 0.15) is 0 Å². The Morgan fingerprint density at radius 3 is 2.20 bits per heavy atom. The fourth-order valence-electron chi connectivity index (χ4n) is 3.63. The Balaban J connectivity index is 2.26. The van der Waals surface area contributed by atoms with Gasteiger partial charge in [0.2, 0.25) is 0 Å². The lowest BCUT2D eigenvalue weighted by Gasteiger charge is -2.44. The van der Waals surface area contributed by atoms with E-state index in [1.165, 1.54) is 49.9 Å². The number of nitrogens with zero attached hydrogens (tertiary/aromatic N) is 1. The van der Waals surface area contributed by atoms with Crippen molar-refractivity contribution in [2.75, 3.05) is 20.1 Å². The number of nitrogens with one attached hydrogen (secondary N) is 1. The molecule has 0 aliphatic carbocycles. The van der Waals surface area contributed by atoms with Gasteiger partial charge in [-0.05, 0) is 64.9 Å². The SMILES string of the molecule is CNC(c1ccccc1C)C(C)(C)N1CCCCCC1. The van der Waals surface area contributed by atoms with Gasteiger partial charge >= 0.3 is 0 Å². The predicted molar refractivity (Wildman–Crippen MR) is 87.1 cm³/mol. The van der Waals surface area contributed by atoms with E-state index in [4.69, 9.17) is 0 Å². The standard InChI is InChI=1S/C18H30N2/c1-15-11-7-8-12-16(15)17(19-4)18(2,3)20-13-9-5-6-10-14-20/h7-8,11-12,17,19H,5-6,9-10,13-14H2,1-4H3. The highest BCUT2D eigenvalue weighted by molar-refractivity contribution is 5.31. The molecule has 0 radical (unpaired) electrons. The van der Waals surface area contributed by atoms with Gasteiger partial charge in [-0.3, -0.25) is 4.90 Å². The largest absolute Gasteiger partial charge is 0.311 e. The Labute approximate surface area is 124 Å². The first-order valence-electron chi connectivity index (χ1n) is 8.05. The Kier molecular flexibility index (Phi) is 5.22. The second-order valence-electron chi connectivity index (χ2n) is 6.63. The summed E-state index contributed by atoms with van der Waals surface area (Å²) < 4.78 is 0. The van der Waals surface area contributed by atoms with E-state index in [0.717, 1.165) is 0 Å². The predicted octanol–water partition coefficient (Wildman–Crippen LogP) is 3.91. The molecule has 1 fully saturated rings. The first-order valence-corrected chi connectivity index (χ1v) is 8.05. The van der Waals surface area contributed by atoms with Crippen LogP contribution in [0.15, 0.2) is 24.3 Å². The summed E-state index contributed by atoms with van der Waals surface area (Å²) in [6, 6.07) is 9.16. The lowest BCUT2D eigenvalue weighted by Crippen LogP contribution is -2.52. The summed E-state index contributed by atoms with van der Waals surface area (Å²) in [6.07, 6.45) is 5.46. The molecule has 1 heterocycles. The zero-order valence-electron chi connectivity index (χ0n) is 13.6. The fourth-order valence-corrected chi connectivity index (χ4v) is 3.63. The molecule has 112 valence electrons. The monoisotopic (exact) mass is 274 g/mol. The third kappa shape index (κ3) is 3.24. The first kappa shape index (κ1) is 15.5. The average molecular weight is 274 g/mol. The van der Waals surface area contributed by atoms with Crippen molar-refractivity contribution in [2.24, 2.45) is 0 Å².